The van der Waals surface area contributed by atoms with Gasteiger partial charge in [-0.3, -0.25) is 9.55 Å². The predicted octanol–water partition coefficient (Wildman–Crippen LogP) is 11.1. The molecule has 5 nitrogen and oxygen atoms in total. The second-order valence-corrected chi connectivity index (χ2v) is 12.5. The van der Waals surface area contributed by atoms with Crippen LogP contribution in [0.1, 0.15) is 0 Å². The average molecular weight is 640 g/mol. The summed E-state index contributed by atoms with van der Waals surface area (Å²) in [5.41, 5.74) is 11.6. The van der Waals surface area contributed by atoms with Crippen LogP contribution in [0, 0.1) is 0 Å². The first-order chi connectivity index (χ1) is 24.8. The number of hydrogen-bond acceptors (Lipinski definition) is 3. The topological polar surface area (TPSA) is 48.5 Å². The van der Waals surface area contributed by atoms with Crippen molar-refractivity contribution in [1.29, 1.82) is 0 Å². The van der Waals surface area contributed by atoms with E-state index in [1.165, 1.54) is 27.4 Å². The zero-order valence-electron chi connectivity index (χ0n) is 27.0. The fourth-order valence-corrected chi connectivity index (χ4v) is 7.38. The monoisotopic (exact) mass is 639 g/mol. The maximum Gasteiger partial charge on any atom is 0.162 e. The zero-order chi connectivity index (χ0) is 33.0. The molecule has 10 rings (SSSR count). The summed E-state index contributed by atoms with van der Waals surface area (Å²) in [7, 11) is 0. The molecule has 10 aromatic rings. The van der Waals surface area contributed by atoms with Gasteiger partial charge in [-0.15, -0.1) is 0 Å². The van der Waals surface area contributed by atoms with E-state index in [0.717, 1.165) is 55.8 Å². The minimum Gasteiger partial charge on any atom is -0.309 e. The maximum absolute atomic E-state index is 5.22. The largest absolute Gasteiger partial charge is 0.309 e. The molecule has 6 aromatic carbocycles. The van der Waals surface area contributed by atoms with E-state index in [1.54, 1.807) is 0 Å². The molecule has 0 amide bonds. The Balaban J connectivity index is 1.25. The van der Waals surface area contributed by atoms with E-state index in [-0.39, 0.29) is 0 Å². The molecule has 0 fully saturated rings. The number of benzene rings is 6. The smallest absolute Gasteiger partial charge is 0.162 e. The van der Waals surface area contributed by atoms with Gasteiger partial charge in [0.25, 0.3) is 0 Å². The summed E-state index contributed by atoms with van der Waals surface area (Å²) >= 11 is 0. The van der Waals surface area contributed by atoms with Gasteiger partial charge in [0, 0.05) is 45.2 Å². The highest BCUT2D eigenvalue weighted by atomic mass is 15.1. The van der Waals surface area contributed by atoms with Crippen molar-refractivity contribution < 1.29 is 0 Å². The third kappa shape index (κ3) is 4.45. The second-order valence-electron chi connectivity index (χ2n) is 12.5. The zero-order valence-corrected chi connectivity index (χ0v) is 27.0. The number of para-hydroxylation sites is 2. The van der Waals surface area contributed by atoms with Crippen molar-refractivity contribution in [3.63, 3.8) is 0 Å². The molecule has 0 aliphatic heterocycles. The van der Waals surface area contributed by atoms with Crippen LogP contribution in [0.2, 0.25) is 0 Å². The Labute approximate surface area is 288 Å². The van der Waals surface area contributed by atoms with Crippen LogP contribution >= 0.6 is 0 Å². The fourth-order valence-electron chi connectivity index (χ4n) is 7.38. The molecule has 50 heavy (non-hydrogen) atoms. The van der Waals surface area contributed by atoms with Gasteiger partial charge in [-0.2, -0.15) is 0 Å². The lowest BCUT2D eigenvalue weighted by molar-refractivity contribution is 1.05. The van der Waals surface area contributed by atoms with Crippen LogP contribution in [0.3, 0.4) is 0 Å². The van der Waals surface area contributed by atoms with E-state index in [0.29, 0.717) is 5.82 Å². The Morgan fingerprint density at radius 1 is 0.420 bits per heavy atom. The number of pyridine rings is 1. The molecule has 0 bridgehead atoms. The molecule has 4 heterocycles. The third-order valence-corrected chi connectivity index (χ3v) is 9.59. The molecule has 0 spiro atoms. The number of aromatic nitrogens is 5. The van der Waals surface area contributed by atoms with Crippen LogP contribution in [0.5, 0.6) is 0 Å². The van der Waals surface area contributed by atoms with Gasteiger partial charge in [-0.05, 0) is 59.7 Å². The van der Waals surface area contributed by atoms with Gasteiger partial charge in [-0.25, -0.2) is 9.97 Å². The lowest BCUT2D eigenvalue weighted by Gasteiger charge is -2.13. The molecule has 234 valence electrons. The first-order valence-electron chi connectivity index (χ1n) is 16.8. The third-order valence-electron chi connectivity index (χ3n) is 9.59. The highest BCUT2D eigenvalue weighted by molar-refractivity contribution is 6.16. The number of hydrogen-bond donors (Lipinski definition) is 0. The molecule has 0 atom stereocenters. The second kappa shape index (κ2) is 11.4. The van der Waals surface area contributed by atoms with Crippen LogP contribution in [0.25, 0.3) is 89.0 Å². The minimum atomic E-state index is 0.676. The van der Waals surface area contributed by atoms with Gasteiger partial charge >= 0.3 is 0 Å². The molecule has 0 aliphatic rings. The lowest BCUT2D eigenvalue weighted by atomic mass is 9.98. The predicted molar refractivity (Wildman–Crippen MR) is 205 cm³/mol. The van der Waals surface area contributed by atoms with Gasteiger partial charge in [0.05, 0.1) is 33.3 Å². The molecule has 0 N–H and O–H groups in total. The van der Waals surface area contributed by atoms with E-state index in [4.69, 9.17) is 15.0 Å². The Morgan fingerprint density at radius 2 is 1.12 bits per heavy atom. The Morgan fingerprint density at radius 3 is 1.94 bits per heavy atom. The fraction of sp³-hybridized carbons (Fsp3) is 0. The van der Waals surface area contributed by atoms with E-state index in [9.17, 15) is 0 Å². The summed E-state index contributed by atoms with van der Waals surface area (Å²) in [4.78, 5) is 15.2. The summed E-state index contributed by atoms with van der Waals surface area (Å²) in [6.45, 7) is 0. The van der Waals surface area contributed by atoms with Gasteiger partial charge in [-0.1, -0.05) is 115 Å². The highest BCUT2D eigenvalue weighted by Crippen LogP contribution is 2.41. The van der Waals surface area contributed by atoms with Crippen LogP contribution in [0.4, 0.5) is 0 Å². The SMILES string of the molecule is c1ccc(-c2cc(-n3c4cc(-c5cccc6c5c5ccccc5n6-c5ccccc5)ccc4c4ncccc43)nc(-c3ccccc3)n2)cc1. The van der Waals surface area contributed by atoms with E-state index in [2.05, 4.69) is 137 Å². The van der Waals surface area contributed by atoms with Crippen molar-refractivity contribution in [3.8, 4) is 45.3 Å². The molecule has 5 heteroatoms. The maximum atomic E-state index is 5.22. The summed E-state index contributed by atoms with van der Waals surface area (Å²) in [6.07, 6.45) is 1.87. The number of nitrogens with zero attached hydrogens (tertiary/aromatic N) is 5. The summed E-state index contributed by atoms with van der Waals surface area (Å²) < 4.78 is 4.61. The van der Waals surface area contributed by atoms with Crippen LogP contribution in [-0.4, -0.2) is 24.1 Å². The van der Waals surface area contributed by atoms with Crippen molar-refractivity contribution in [2.75, 3.05) is 0 Å². The number of rotatable bonds is 5. The number of fused-ring (bicyclic) bond motifs is 6. The molecule has 0 aliphatic carbocycles. The standard InChI is InChI=1S/C45H29N5/c1-4-14-30(15-5-1)37-29-42(48-45(47-37)31-16-6-2-7-17-31)50-40-24-13-27-46-44(40)36-26-25-32(28-41(36)50)34-21-12-23-39-43(34)35-20-10-11-22-38(35)49(39)33-18-8-3-9-19-33/h1-29H. The molecule has 0 saturated heterocycles. The van der Waals surface area contributed by atoms with Crippen molar-refractivity contribution in [2.24, 2.45) is 0 Å². The van der Waals surface area contributed by atoms with Crippen molar-refractivity contribution in [2.45, 2.75) is 0 Å². The molecular weight excluding hydrogens is 611 g/mol. The van der Waals surface area contributed by atoms with Crippen LogP contribution < -0.4 is 0 Å². The first-order valence-corrected chi connectivity index (χ1v) is 16.8. The van der Waals surface area contributed by atoms with E-state index >= 15 is 0 Å². The minimum absolute atomic E-state index is 0.676. The molecule has 4 aromatic heterocycles. The summed E-state index contributed by atoms with van der Waals surface area (Å²) in [6, 6.07) is 59.4. The quantitative estimate of drug-likeness (QED) is 0.188. The lowest BCUT2D eigenvalue weighted by Crippen LogP contribution is -2.02. The van der Waals surface area contributed by atoms with Crippen molar-refractivity contribution in [1.82, 2.24) is 24.1 Å². The molecule has 0 radical (unpaired) electrons. The Hall–Kier alpha value is -6.85. The normalized spacial score (nSPS) is 11.6. The van der Waals surface area contributed by atoms with E-state index in [1.807, 2.05) is 48.7 Å². The summed E-state index contributed by atoms with van der Waals surface area (Å²) in [5.74, 6) is 1.47. The van der Waals surface area contributed by atoms with Crippen molar-refractivity contribution >= 4 is 43.7 Å². The highest BCUT2D eigenvalue weighted by Gasteiger charge is 2.20. The Kier molecular flexibility index (Phi) is 6.42. The Bertz CT molecular complexity index is 2800. The average Bonchev–Trinajstić information content (AvgIpc) is 3.71. The van der Waals surface area contributed by atoms with Gasteiger partial charge in [0.2, 0.25) is 0 Å². The van der Waals surface area contributed by atoms with E-state index < -0.39 is 0 Å². The van der Waals surface area contributed by atoms with Crippen LogP contribution in [0.15, 0.2) is 176 Å². The van der Waals surface area contributed by atoms with Gasteiger partial charge < -0.3 is 4.57 Å². The van der Waals surface area contributed by atoms with Gasteiger partial charge in [0.15, 0.2) is 5.82 Å². The summed E-state index contributed by atoms with van der Waals surface area (Å²) in [5, 5.41) is 3.52. The van der Waals surface area contributed by atoms with Gasteiger partial charge in [0.1, 0.15) is 5.82 Å². The van der Waals surface area contributed by atoms with Crippen LogP contribution in [-0.2, 0) is 0 Å². The molecular formula is C45H29N5. The molecule has 0 saturated carbocycles. The molecule has 0 unspecified atom stereocenters. The first kappa shape index (κ1) is 28.2. The van der Waals surface area contributed by atoms with Crippen molar-refractivity contribution in [3.05, 3.63) is 176 Å².